The van der Waals surface area contributed by atoms with Gasteiger partial charge in [0.2, 0.25) is 0 Å². The van der Waals surface area contributed by atoms with Crippen molar-refractivity contribution in [2.24, 2.45) is 5.29 Å². The first-order chi connectivity index (χ1) is 8.85. The summed E-state index contributed by atoms with van der Waals surface area (Å²) in [5.74, 6) is 0. The number of nitrogens with zero attached hydrogens (tertiary/aromatic N) is 2. The molecular formula is C15H16N2O. The molecule has 0 atom stereocenters. The molecule has 0 aromatic heterocycles. The summed E-state index contributed by atoms with van der Waals surface area (Å²) in [4.78, 5) is 10.7. The molecule has 18 heavy (non-hydrogen) atoms. The molecule has 0 aliphatic carbocycles. The molecular weight excluding hydrogens is 224 g/mol. The van der Waals surface area contributed by atoms with Gasteiger partial charge in [0.25, 0.3) is 0 Å². The lowest BCUT2D eigenvalue weighted by atomic mass is 10.1. The van der Waals surface area contributed by atoms with Crippen LogP contribution in [0.25, 0.3) is 11.1 Å². The van der Waals surface area contributed by atoms with Crippen molar-refractivity contribution in [2.75, 3.05) is 11.6 Å². The Bertz CT molecular complexity index is 494. The lowest BCUT2D eigenvalue weighted by molar-refractivity contribution is 0.801. The van der Waals surface area contributed by atoms with Gasteiger partial charge in [-0.1, -0.05) is 49.4 Å². The smallest absolute Gasteiger partial charge is 0.0626 e. The van der Waals surface area contributed by atoms with Crippen LogP contribution in [0.4, 0.5) is 5.69 Å². The molecule has 0 heterocycles. The van der Waals surface area contributed by atoms with Crippen LogP contribution in [0.15, 0.2) is 59.9 Å². The molecule has 3 heteroatoms. The zero-order valence-electron chi connectivity index (χ0n) is 10.4. The molecule has 0 fully saturated rings. The molecule has 0 amide bonds. The summed E-state index contributed by atoms with van der Waals surface area (Å²) in [6, 6.07) is 18.0. The van der Waals surface area contributed by atoms with Crippen molar-refractivity contribution in [3.8, 4) is 11.1 Å². The number of nitroso groups, excluding NO2 is 1. The summed E-state index contributed by atoms with van der Waals surface area (Å²) in [6.45, 7) is 2.67. The average molecular weight is 240 g/mol. The molecule has 0 bridgehead atoms. The quantitative estimate of drug-likeness (QED) is 0.578. The molecule has 0 aliphatic rings. The first-order valence-corrected chi connectivity index (χ1v) is 6.11. The van der Waals surface area contributed by atoms with Crippen molar-refractivity contribution in [2.45, 2.75) is 13.3 Å². The fourth-order valence-electron chi connectivity index (χ4n) is 1.89. The zero-order valence-corrected chi connectivity index (χ0v) is 10.4. The van der Waals surface area contributed by atoms with Crippen LogP contribution in [0.2, 0.25) is 0 Å². The maximum Gasteiger partial charge on any atom is 0.0626 e. The van der Waals surface area contributed by atoms with E-state index in [4.69, 9.17) is 0 Å². The van der Waals surface area contributed by atoms with E-state index in [9.17, 15) is 4.91 Å². The summed E-state index contributed by atoms with van der Waals surface area (Å²) < 4.78 is 0. The van der Waals surface area contributed by atoms with Gasteiger partial charge in [-0.2, -0.15) is 0 Å². The molecule has 92 valence electrons. The van der Waals surface area contributed by atoms with Gasteiger partial charge in [0.15, 0.2) is 0 Å². The third kappa shape index (κ3) is 2.74. The number of rotatable bonds is 5. The highest BCUT2D eigenvalue weighted by molar-refractivity contribution is 5.66. The molecule has 0 unspecified atom stereocenters. The van der Waals surface area contributed by atoms with Gasteiger partial charge in [0, 0.05) is 6.54 Å². The molecule has 2 aromatic carbocycles. The lowest BCUT2D eigenvalue weighted by Crippen LogP contribution is -2.15. The van der Waals surface area contributed by atoms with Crippen LogP contribution in [0.3, 0.4) is 0 Å². The highest BCUT2D eigenvalue weighted by Gasteiger charge is 2.05. The van der Waals surface area contributed by atoms with Crippen LogP contribution >= 0.6 is 0 Å². The summed E-state index contributed by atoms with van der Waals surface area (Å²) >= 11 is 0. The highest BCUT2D eigenvalue weighted by Crippen LogP contribution is 2.23. The molecule has 2 rings (SSSR count). The van der Waals surface area contributed by atoms with Crippen molar-refractivity contribution in [1.29, 1.82) is 0 Å². The summed E-state index contributed by atoms with van der Waals surface area (Å²) in [7, 11) is 0. The van der Waals surface area contributed by atoms with Crippen LogP contribution < -0.4 is 5.01 Å². The Hall–Kier alpha value is -2.16. The van der Waals surface area contributed by atoms with Crippen molar-refractivity contribution >= 4 is 5.69 Å². The molecule has 0 radical (unpaired) electrons. The largest absolute Gasteiger partial charge is 0.229 e. The lowest BCUT2D eigenvalue weighted by Gasteiger charge is -2.14. The first-order valence-electron chi connectivity index (χ1n) is 6.11. The van der Waals surface area contributed by atoms with Gasteiger partial charge in [-0.3, -0.25) is 0 Å². The Morgan fingerprint density at radius 1 is 0.944 bits per heavy atom. The fourth-order valence-corrected chi connectivity index (χ4v) is 1.89. The highest BCUT2D eigenvalue weighted by atomic mass is 16.3. The molecule has 0 spiro atoms. The second-order valence-electron chi connectivity index (χ2n) is 4.12. The molecule has 2 aromatic rings. The van der Waals surface area contributed by atoms with Crippen molar-refractivity contribution in [1.82, 2.24) is 0 Å². The third-order valence-electron chi connectivity index (χ3n) is 2.81. The molecule has 0 saturated heterocycles. The van der Waals surface area contributed by atoms with Crippen molar-refractivity contribution in [3.05, 3.63) is 59.5 Å². The third-order valence-corrected chi connectivity index (χ3v) is 2.81. The van der Waals surface area contributed by atoms with E-state index in [-0.39, 0.29) is 0 Å². The van der Waals surface area contributed by atoms with Gasteiger partial charge in [-0.15, -0.1) is 4.91 Å². The van der Waals surface area contributed by atoms with Gasteiger partial charge in [0.1, 0.15) is 0 Å². The van der Waals surface area contributed by atoms with E-state index in [0.29, 0.717) is 6.54 Å². The van der Waals surface area contributed by atoms with Crippen LogP contribution in [-0.4, -0.2) is 6.54 Å². The SMILES string of the molecule is CCCN(N=O)c1ccc(-c2ccccc2)cc1. The van der Waals surface area contributed by atoms with Gasteiger partial charge in [0.05, 0.1) is 11.0 Å². The minimum atomic E-state index is 0.647. The van der Waals surface area contributed by atoms with Gasteiger partial charge in [-0.05, 0) is 29.7 Å². The predicted octanol–water partition coefficient (Wildman–Crippen LogP) is 4.25. The van der Waals surface area contributed by atoms with E-state index >= 15 is 0 Å². The molecule has 3 nitrogen and oxygen atoms in total. The Balaban J connectivity index is 2.22. The fraction of sp³-hybridized carbons (Fsp3) is 0.200. The summed E-state index contributed by atoms with van der Waals surface area (Å²) in [5.41, 5.74) is 3.15. The average Bonchev–Trinajstić information content (AvgIpc) is 2.46. The topological polar surface area (TPSA) is 32.7 Å². The second kappa shape index (κ2) is 5.96. The molecule has 0 N–H and O–H groups in total. The van der Waals surface area contributed by atoms with Gasteiger partial charge in [-0.25, -0.2) is 5.01 Å². The Labute approximate surface area is 107 Å². The van der Waals surface area contributed by atoms with E-state index < -0.39 is 0 Å². The minimum absolute atomic E-state index is 0.647. The van der Waals surface area contributed by atoms with Crippen molar-refractivity contribution < 1.29 is 0 Å². The Morgan fingerprint density at radius 3 is 2.11 bits per heavy atom. The number of hydrogen-bond donors (Lipinski definition) is 0. The van der Waals surface area contributed by atoms with Crippen LogP contribution in [0.5, 0.6) is 0 Å². The zero-order chi connectivity index (χ0) is 12.8. The van der Waals surface area contributed by atoms with E-state index in [0.717, 1.165) is 17.7 Å². The normalized spacial score (nSPS) is 10.1. The minimum Gasteiger partial charge on any atom is -0.229 e. The van der Waals surface area contributed by atoms with Crippen LogP contribution in [0.1, 0.15) is 13.3 Å². The predicted molar refractivity (Wildman–Crippen MR) is 75.3 cm³/mol. The molecule has 0 saturated carbocycles. The standard InChI is InChI=1S/C15H16N2O/c1-2-12-17(16-18)15-10-8-14(9-11-15)13-6-4-3-5-7-13/h3-11H,2,12H2,1H3. The maximum absolute atomic E-state index is 10.7. The van der Waals surface area contributed by atoms with Crippen molar-refractivity contribution in [3.63, 3.8) is 0 Å². The number of hydrogen-bond acceptors (Lipinski definition) is 2. The van der Waals surface area contributed by atoms with Crippen LogP contribution in [-0.2, 0) is 0 Å². The maximum atomic E-state index is 10.7. The van der Waals surface area contributed by atoms with E-state index in [1.807, 2.05) is 49.4 Å². The summed E-state index contributed by atoms with van der Waals surface area (Å²) in [5, 5.41) is 4.51. The van der Waals surface area contributed by atoms with Gasteiger partial charge < -0.3 is 0 Å². The molecule has 0 aliphatic heterocycles. The monoisotopic (exact) mass is 240 g/mol. The van der Waals surface area contributed by atoms with E-state index in [1.165, 1.54) is 10.6 Å². The van der Waals surface area contributed by atoms with E-state index in [2.05, 4.69) is 17.4 Å². The Kier molecular flexibility index (Phi) is 4.07. The van der Waals surface area contributed by atoms with Gasteiger partial charge >= 0.3 is 0 Å². The number of benzene rings is 2. The number of anilines is 1. The first kappa shape index (κ1) is 12.3. The van der Waals surface area contributed by atoms with E-state index in [1.54, 1.807) is 0 Å². The van der Waals surface area contributed by atoms with Crippen LogP contribution in [0, 0.1) is 4.91 Å². The summed E-state index contributed by atoms with van der Waals surface area (Å²) in [6.07, 6.45) is 0.895. The second-order valence-corrected chi connectivity index (χ2v) is 4.12. The Morgan fingerprint density at radius 2 is 1.56 bits per heavy atom.